The predicted octanol–water partition coefficient (Wildman–Crippen LogP) is -0.623. The first-order valence-electron chi connectivity index (χ1n) is 4.73. The Bertz CT molecular complexity index is 201. The Morgan fingerprint density at radius 2 is 2.36 bits per heavy atom. The van der Waals surface area contributed by atoms with E-state index in [1.54, 1.807) is 0 Å². The molecule has 0 aliphatic heterocycles. The molecule has 1 unspecified atom stereocenters. The maximum Gasteiger partial charge on any atom is 0.234 e. The van der Waals surface area contributed by atoms with Crippen LogP contribution in [0.5, 0.6) is 0 Å². The van der Waals surface area contributed by atoms with E-state index in [2.05, 4.69) is 10.6 Å². The Labute approximate surface area is 84.1 Å². The number of carbonyl (C=O) groups excluding carboxylic acids is 1. The first-order valence-corrected chi connectivity index (χ1v) is 4.73. The summed E-state index contributed by atoms with van der Waals surface area (Å²) < 4.78 is 0. The number of hydrogen-bond donors (Lipinski definition) is 3. The summed E-state index contributed by atoms with van der Waals surface area (Å²) in [4.78, 5) is 10.9. The van der Waals surface area contributed by atoms with Crippen molar-refractivity contribution >= 4 is 5.91 Å². The Kier molecular flexibility index (Phi) is 7.80. The molecular formula is C9H17N3O2. The zero-order valence-electron chi connectivity index (χ0n) is 8.42. The lowest BCUT2D eigenvalue weighted by Crippen LogP contribution is -2.35. The van der Waals surface area contributed by atoms with E-state index >= 15 is 0 Å². The number of nitrogens with one attached hydrogen (secondary N) is 2. The zero-order valence-corrected chi connectivity index (χ0v) is 8.42. The van der Waals surface area contributed by atoms with E-state index in [4.69, 9.17) is 5.26 Å². The fourth-order valence-corrected chi connectivity index (χ4v) is 0.875. The molecule has 3 N–H and O–H groups in total. The topological polar surface area (TPSA) is 85.2 Å². The molecule has 1 amide bonds. The predicted molar refractivity (Wildman–Crippen MR) is 52.4 cm³/mol. The van der Waals surface area contributed by atoms with Crippen LogP contribution in [0.15, 0.2) is 0 Å². The number of carbonyl (C=O) groups is 1. The van der Waals surface area contributed by atoms with Crippen LogP contribution in [-0.4, -0.2) is 36.8 Å². The van der Waals surface area contributed by atoms with E-state index in [-0.39, 0.29) is 25.1 Å². The number of aliphatic hydroxyl groups is 1. The Balaban J connectivity index is 3.28. The number of nitrogens with zero attached hydrogens (tertiary/aromatic N) is 1. The van der Waals surface area contributed by atoms with Gasteiger partial charge in [0.25, 0.3) is 0 Å². The molecule has 0 aromatic carbocycles. The molecule has 0 aliphatic carbocycles. The molecule has 0 rings (SSSR count). The fraction of sp³-hybridized carbons (Fsp3) is 0.778. The molecule has 0 spiro atoms. The third-order valence-corrected chi connectivity index (χ3v) is 1.78. The van der Waals surface area contributed by atoms with Crippen LogP contribution >= 0.6 is 0 Å². The maximum absolute atomic E-state index is 10.9. The van der Waals surface area contributed by atoms with Gasteiger partial charge < -0.3 is 15.7 Å². The highest BCUT2D eigenvalue weighted by atomic mass is 16.3. The quantitative estimate of drug-likeness (QED) is 0.377. The van der Waals surface area contributed by atoms with Gasteiger partial charge in [-0.2, -0.15) is 5.26 Å². The molecule has 0 saturated heterocycles. The van der Waals surface area contributed by atoms with Crippen LogP contribution in [0.1, 0.15) is 19.8 Å². The minimum Gasteiger partial charge on any atom is -0.393 e. The molecule has 5 heteroatoms. The molecule has 1 atom stereocenters. The van der Waals surface area contributed by atoms with Crippen LogP contribution in [0.2, 0.25) is 0 Å². The van der Waals surface area contributed by atoms with Gasteiger partial charge in [0.1, 0.15) is 6.54 Å². The average Bonchev–Trinajstić information content (AvgIpc) is 2.21. The van der Waals surface area contributed by atoms with Crippen LogP contribution < -0.4 is 10.6 Å². The minimum absolute atomic E-state index is 0.0398. The summed E-state index contributed by atoms with van der Waals surface area (Å²) in [7, 11) is 0. The second-order valence-electron chi connectivity index (χ2n) is 2.96. The Hall–Kier alpha value is -1.12. The van der Waals surface area contributed by atoms with E-state index in [1.807, 2.05) is 13.0 Å². The number of amides is 1. The maximum atomic E-state index is 10.9. The van der Waals surface area contributed by atoms with Crippen molar-refractivity contribution in [2.24, 2.45) is 0 Å². The second kappa shape index (κ2) is 8.48. The lowest BCUT2D eigenvalue weighted by molar-refractivity contribution is -0.120. The zero-order chi connectivity index (χ0) is 10.8. The first-order chi connectivity index (χ1) is 6.70. The number of aliphatic hydroxyl groups excluding tert-OH is 1. The Morgan fingerprint density at radius 1 is 1.64 bits per heavy atom. The van der Waals surface area contributed by atoms with Gasteiger partial charge in [-0.1, -0.05) is 6.92 Å². The fourth-order valence-electron chi connectivity index (χ4n) is 0.875. The molecule has 0 aromatic heterocycles. The summed E-state index contributed by atoms with van der Waals surface area (Å²) in [6.07, 6.45) is 1.06. The van der Waals surface area contributed by atoms with Gasteiger partial charge in [-0.25, -0.2) is 0 Å². The summed E-state index contributed by atoms with van der Waals surface area (Å²) >= 11 is 0. The molecule has 14 heavy (non-hydrogen) atoms. The molecule has 0 saturated carbocycles. The SMILES string of the molecule is CCC(O)CCNCC(=O)NCC#N. The van der Waals surface area contributed by atoms with Crippen LogP contribution in [-0.2, 0) is 4.79 Å². The highest BCUT2D eigenvalue weighted by Gasteiger charge is 2.01. The summed E-state index contributed by atoms with van der Waals surface area (Å²) in [5.74, 6) is -0.197. The third kappa shape index (κ3) is 7.53. The van der Waals surface area contributed by atoms with Crippen molar-refractivity contribution in [2.75, 3.05) is 19.6 Å². The van der Waals surface area contributed by atoms with Crippen molar-refractivity contribution in [2.45, 2.75) is 25.9 Å². The molecule has 80 valence electrons. The average molecular weight is 199 g/mol. The van der Waals surface area contributed by atoms with E-state index < -0.39 is 0 Å². The summed E-state index contributed by atoms with van der Waals surface area (Å²) in [5.41, 5.74) is 0. The van der Waals surface area contributed by atoms with E-state index in [0.717, 1.165) is 6.42 Å². The third-order valence-electron chi connectivity index (χ3n) is 1.78. The lowest BCUT2D eigenvalue weighted by Gasteiger charge is -2.08. The normalized spacial score (nSPS) is 11.8. The van der Waals surface area contributed by atoms with Gasteiger partial charge in [0.15, 0.2) is 0 Å². The number of hydrogen-bond acceptors (Lipinski definition) is 4. The highest BCUT2D eigenvalue weighted by molar-refractivity contribution is 5.78. The van der Waals surface area contributed by atoms with Crippen LogP contribution in [0.25, 0.3) is 0 Å². The van der Waals surface area contributed by atoms with Crippen molar-refractivity contribution in [1.82, 2.24) is 10.6 Å². The standard InChI is InChI=1S/C9H17N3O2/c1-2-8(13)3-5-11-7-9(14)12-6-4-10/h8,11,13H,2-3,5-7H2,1H3,(H,12,14). The molecule has 0 heterocycles. The van der Waals surface area contributed by atoms with Crippen LogP contribution in [0.4, 0.5) is 0 Å². The first kappa shape index (κ1) is 12.9. The van der Waals surface area contributed by atoms with Crippen LogP contribution in [0, 0.1) is 11.3 Å². The lowest BCUT2D eigenvalue weighted by atomic mass is 10.2. The number of nitriles is 1. The van der Waals surface area contributed by atoms with Gasteiger partial charge in [-0.05, 0) is 19.4 Å². The molecule has 0 bridgehead atoms. The Morgan fingerprint density at radius 3 is 2.93 bits per heavy atom. The van der Waals surface area contributed by atoms with E-state index in [0.29, 0.717) is 13.0 Å². The van der Waals surface area contributed by atoms with Gasteiger partial charge in [0.05, 0.1) is 18.7 Å². The van der Waals surface area contributed by atoms with Gasteiger partial charge in [-0.15, -0.1) is 0 Å². The summed E-state index contributed by atoms with van der Waals surface area (Å²) in [6.45, 7) is 2.75. The molecule has 0 radical (unpaired) electrons. The molecular weight excluding hydrogens is 182 g/mol. The number of rotatable bonds is 7. The largest absolute Gasteiger partial charge is 0.393 e. The summed E-state index contributed by atoms with van der Waals surface area (Å²) in [6, 6.07) is 1.82. The van der Waals surface area contributed by atoms with Gasteiger partial charge in [0.2, 0.25) is 5.91 Å². The monoisotopic (exact) mass is 199 g/mol. The van der Waals surface area contributed by atoms with Crippen molar-refractivity contribution in [3.05, 3.63) is 0 Å². The summed E-state index contributed by atoms with van der Waals surface area (Å²) in [5, 5.41) is 22.6. The van der Waals surface area contributed by atoms with Gasteiger partial charge >= 0.3 is 0 Å². The van der Waals surface area contributed by atoms with E-state index in [9.17, 15) is 9.90 Å². The van der Waals surface area contributed by atoms with Crippen LogP contribution in [0.3, 0.4) is 0 Å². The molecule has 0 aromatic rings. The smallest absolute Gasteiger partial charge is 0.234 e. The molecule has 0 fully saturated rings. The van der Waals surface area contributed by atoms with Crippen molar-refractivity contribution in [1.29, 1.82) is 5.26 Å². The van der Waals surface area contributed by atoms with Crippen molar-refractivity contribution in [3.63, 3.8) is 0 Å². The highest BCUT2D eigenvalue weighted by Crippen LogP contribution is 1.93. The second-order valence-corrected chi connectivity index (χ2v) is 2.96. The molecule has 5 nitrogen and oxygen atoms in total. The minimum atomic E-state index is -0.301. The van der Waals surface area contributed by atoms with Gasteiger partial charge in [0, 0.05) is 0 Å². The van der Waals surface area contributed by atoms with Crippen molar-refractivity contribution in [3.8, 4) is 6.07 Å². The van der Waals surface area contributed by atoms with Crippen molar-refractivity contribution < 1.29 is 9.90 Å². The van der Waals surface area contributed by atoms with Gasteiger partial charge in [-0.3, -0.25) is 4.79 Å². The van der Waals surface area contributed by atoms with E-state index in [1.165, 1.54) is 0 Å². The molecule has 0 aliphatic rings.